The highest BCUT2D eigenvalue weighted by molar-refractivity contribution is 5.64. The van der Waals surface area contributed by atoms with E-state index in [1.165, 1.54) is 6.07 Å². The minimum absolute atomic E-state index is 0.196. The molecular weight excluding hydrogens is 257 g/mol. The van der Waals surface area contributed by atoms with Gasteiger partial charge in [-0.15, -0.1) is 0 Å². The fourth-order valence-corrected chi connectivity index (χ4v) is 2.04. The average Bonchev–Trinajstić information content (AvgIpc) is 2.47. The first kappa shape index (κ1) is 14.1. The van der Waals surface area contributed by atoms with Crippen molar-refractivity contribution in [2.45, 2.75) is 13.0 Å². The lowest BCUT2D eigenvalue weighted by Gasteiger charge is -2.27. The Bertz CT molecular complexity index is 603. The van der Waals surface area contributed by atoms with Crippen molar-refractivity contribution in [2.75, 3.05) is 24.8 Å². The highest BCUT2D eigenvalue weighted by atomic mass is 19.1. The SMILES string of the molecule is COc1ccc(N)c(N(C)C(C)c2ccccc2F)n1. The van der Waals surface area contributed by atoms with Crippen molar-refractivity contribution >= 4 is 11.5 Å². The van der Waals surface area contributed by atoms with Crippen LogP contribution in [0.5, 0.6) is 5.88 Å². The van der Waals surface area contributed by atoms with Crippen molar-refractivity contribution in [1.29, 1.82) is 0 Å². The third kappa shape index (κ3) is 2.66. The molecule has 2 N–H and O–H groups in total. The smallest absolute Gasteiger partial charge is 0.215 e. The van der Waals surface area contributed by atoms with Crippen molar-refractivity contribution in [1.82, 2.24) is 4.98 Å². The first-order chi connectivity index (χ1) is 9.54. The van der Waals surface area contributed by atoms with Crippen molar-refractivity contribution in [3.8, 4) is 5.88 Å². The molecule has 2 aromatic rings. The van der Waals surface area contributed by atoms with Crippen LogP contribution < -0.4 is 15.4 Å². The maximum atomic E-state index is 13.9. The van der Waals surface area contributed by atoms with Crippen LogP contribution in [0.2, 0.25) is 0 Å². The molecule has 1 atom stereocenters. The van der Waals surface area contributed by atoms with Gasteiger partial charge in [-0.1, -0.05) is 18.2 Å². The van der Waals surface area contributed by atoms with Crippen molar-refractivity contribution in [3.05, 3.63) is 47.8 Å². The molecule has 0 bridgehead atoms. The zero-order chi connectivity index (χ0) is 14.7. The minimum atomic E-state index is -0.242. The van der Waals surface area contributed by atoms with E-state index >= 15 is 0 Å². The summed E-state index contributed by atoms with van der Waals surface area (Å²) in [5.74, 6) is 0.801. The number of nitrogens with zero attached hydrogens (tertiary/aromatic N) is 2. The Labute approximate surface area is 118 Å². The van der Waals surface area contributed by atoms with E-state index in [0.717, 1.165) is 0 Å². The maximum Gasteiger partial charge on any atom is 0.215 e. The average molecular weight is 275 g/mol. The number of rotatable bonds is 4. The molecule has 0 saturated carbocycles. The Morgan fingerprint density at radius 1 is 1.25 bits per heavy atom. The summed E-state index contributed by atoms with van der Waals surface area (Å²) in [4.78, 5) is 6.15. The number of methoxy groups -OCH3 is 1. The number of nitrogen functional groups attached to an aromatic ring is 1. The molecule has 0 radical (unpaired) electrons. The van der Waals surface area contributed by atoms with Gasteiger partial charge in [0.1, 0.15) is 5.82 Å². The van der Waals surface area contributed by atoms with E-state index in [2.05, 4.69) is 4.98 Å². The Morgan fingerprint density at radius 3 is 2.60 bits per heavy atom. The fraction of sp³-hybridized carbons (Fsp3) is 0.267. The predicted octanol–water partition coefficient (Wildman–Crippen LogP) is 3.01. The van der Waals surface area contributed by atoms with Gasteiger partial charge in [0.2, 0.25) is 5.88 Å². The van der Waals surface area contributed by atoms with Crippen LogP contribution >= 0.6 is 0 Å². The summed E-state index contributed by atoms with van der Waals surface area (Å²) in [6, 6.07) is 9.91. The van der Waals surface area contributed by atoms with Crippen molar-refractivity contribution in [3.63, 3.8) is 0 Å². The second-order valence-corrected chi connectivity index (χ2v) is 4.57. The molecule has 1 aromatic heterocycles. The first-order valence-electron chi connectivity index (χ1n) is 6.32. The van der Waals surface area contributed by atoms with Gasteiger partial charge >= 0.3 is 0 Å². The molecule has 0 amide bonds. The number of hydrogen-bond acceptors (Lipinski definition) is 4. The molecule has 0 fully saturated rings. The van der Waals surface area contributed by atoms with E-state index in [1.807, 2.05) is 24.9 Å². The number of nitrogens with two attached hydrogens (primary N) is 1. The van der Waals surface area contributed by atoms with Gasteiger partial charge in [0.25, 0.3) is 0 Å². The summed E-state index contributed by atoms with van der Waals surface area (Å²) >= 11 is 0. The summed E-state index contributed by atoms with van der Waals surface area (Å²) in [5, 5.41) is 0. The summed E-state index contributed by atoms with van der Waals surface area (Å²) < 4.78 is 19.0. The van der Waals surface area contributed by atoms with Crippen LogP contribution in [-0.4, -0.2) is 19.1 Å². The summed E-state index contributed by atoms with van der Waals surface area (Å²) in [7, 11) is 3.37. The summed E-state index contributed by atoms with van der Waals surface area (Å²) in [6.45, 7) is 1.90. The van der Waals surface area contributed by atoms with Gasteiger partial charge in [-0.3, -0.25) is 0 Å². The normalized spacial score (nSPS) is 12.0. The number of hydrogen-bond donors (Lipinski definition) is 1. The van der Waals surface area contributed by atoms with E-state index in [0.29, 0.717) is 22.9 Å². The molecule has 0 aliphatic rings. The molecule has 5 heteroatoms. The number of halogens is 1. The van der Waals surface area contributed by atoms with Gasteiger partial charge in [-0.05, 0) is 19.1 Å². The zero-order valence-electron chi connectivity index (χ0n) is 11.8. The first-order valence-corrected chi connectivity index (χ1v) is 6.32. The molecule has 0 aliphatic carbocycles. The number of ether oxygens (including phenoxy) is 1. The summed E-state index contributed by atoms with van der Waals surface area (Å²) in [5.41, 5.74) is 7.07. The molecule has 0 saturated heterocycles. The van der Waals surface area contributed by atoms with Crippen LogP contribution in [0.15, 0.2) is 36.4 Å². The van der Waals surface area contributed by atoms with Crippen molar-refractivity contribution < 1.29 is 9.13 Å². The number of benzene rings is 1. The lowest BCUT2D eigenvalue weighted by atomic mass is 10.1. The van der Waals surface area contributed by atoms with Gasteiger partial charge in [0.05, 0.1) is 18.8 Å². The lowest BCUT2D eigenvalue weighted by Crippen LogP contribution is -2.24. The molecule has 0 aliphatic heterocycles. The number of anilines is 2. The third-order valence-corrected chi connectivity index (χ3v) is 3.36. The molecule has 1 heterocycles. The van der Waals surface area contributed by atoms with E-state index in [9.17, 15) is 4.39 Å². The van der Waals surface area contributed by atoms with Crippen LogP contribution in [0, 0.1) is 5.82 Å². The second-order valence-electron chi connectivity index (χ2n) is 4.57. The quantitative estimate of drug-likeness (QED) is 0.932. The molecule has 1 aromatic carbocycles. The largest absolute Gasteiger partial charge is 0.481 e. The fourth-order valence-electron chi connectivity index (χ4n) is 2.04. The van der Waals surface area contributed by atoms with Gasteiger partial charge in [0, 0.05) is 18.7 Å². The maximum absolute atomic E-state index is 13.9. The molecule has 20 heavy (non-hydrogen) atoms. The van der Waals surface area contributed by atoms with Crippen LogP contribution in [0.25, 0.3) is 0 Å². The lowest BCUT2D eigenvalue weighted by molar-refractivity contribution is 0.398. The minimum Gasteiger partial charge on any atom is -0.481 e. The topological polar surface area (TPSA) is 51.4 Å². The molecule has 1 unspecified atom stereocenters. The standard InChI is InChI=1S/C15H18FN3O/c1-10(11-6-4-5-7-12(11)16)19(2)15-13(17)8-9-14(18-15)20-3/h4-10H,17H2,1-3H3. The Kier molecular flexibility index (Phi) is 4.08. The Morgan fingerprint density at radius 2 is 1.95 bits per heavy atom. The molecule has 2 rings (SSSR count). The van der Waals surface area contributed by atoms with E-state index in [-0.39, 0.29) is 11.9 Å². The van der Waals surface area contributed by atoms with E-state index in [1.54, 1.807) is 31.4 Å². The Balaban J connectivity index is 2.36. The number of pyridine rings is 1. The van der Waals surface area contributed by atoms with E-state index in [4.69, 9.17) is 10.5 Å². The number of aromatic nitrogens is 1. The molecule has 106 valence electrons. The monoisotopic (exact) mass is 275 g/mol. The molecule has 4 nitrogen and oxygen atoms in total. The van der Waals surface area contributed by atoms with Crippen LogP contribution in [0.4, 0.5) is 15.9 Å². The zero-order valence-corrected chi connectivity index (χ0v) is 11.8. The molecule has 0 spiro atoms. The summed E-state index contributed by atoms with van der Waals surface area (Å²) in [6.07, 6.45) is 0. The van der Waals surface area contributed by atoms with Gasteiger partial charge < -0.3 is 15.4 Å². The highest BCUT2D eigenvalue weighted by Gasteiger charge is 2.19. The van der Waals surface area contributed by atoms with Gasteiger partial charge in [-0.2, -0.15) is 4.98 Å². The second kappa shape index (κ2) is 5.77. The predicted molar refractivity (Wildman–Crippen MR) is 78.4 cm³/mol. The van der Waals surface area contributed by atoms with Gasteiger partial charge in [0.15, 0.2) is 5.82 Å². The highest BCUT2D eigenvalue weighted by Crippen LogP contribution is 2.30. The van der Waals surface area contributed by atoms with E-state index < -0.39 is 0 Å². The van der Waals surface area contributed by atoms with Crippen LogP contribution in [0.3, 0.4) is 0 Å². The van der Waals surface area contributed by atoms with Crippen molar-refractivity contribution in [2.24, 2.45) is 0 Å². The molecular formula is C15H18FN3O. The van der Waals surface area contributed by atoms with Crippen LogP contribution in [0.1, 0.15) is 18.5 Å². The van der Waals surface area contributed by atoms with Crippen LogP contribution in [-0.2, 0) is 0 Å². The third-order valence-electron chi connectivity index (χ3n) is 3.36. The Hall–Kier alpha value is -2.30. The van der Waals surface area contributed by atoms with Gasteiger partial charge in [-0.25, -0.2) is 4.39 Å².